The lowest BCUT2D eigenvalue weighted by Crippen LogP contribution is -2.02. The van der Waals surface area contributed by atoms with E-state index in [2.05, 4.69) is 10.4 Å². The molecule has 0 fully saturated rings. The molecular formula is C16H13ClFN3. The second-order valence-corrected chi connectivity index (χ2v) is 5.02. The van der Waals surface area contributed by atoms with Gasteiger partial charge in [0.25, 0.3) is 0 Å². The van der Waals surface area contributed by atoms with Crippen molar-refractivity contribution in [3.05, 3.63) is 77.3 Å². The first-order chi connectivity index (χ1) is 10.2. The number of halogens is 2. The summed E-state index contributed by atoms with van der Waals surface area (Å²) >= 11 is 5.87. The van der Waals surface area contributed by atoms with Crippen LogP contribution in [0, 0.1) is 5.82 Å². The topological polar surface area (TPSA) is 29.9 Å². The molecule has 0 spiro atoms. The van der Waals surface area contributed by atoms with Gasteiger partial charge < -0.3 is 5.32 Å². The molecule has 0 aliphatic heterocycles. The molecule has 3 nitrogen and oxygen atoms in total. The van der Waals surface area contributed by atoms with E-state index in [1.54, 1.807) is 23.0 Å². The summed E-state index contributed by atoms with van der Waals surface area (Å²) in [7, 11) is 0. The van der Waals surface area contributed by atoms with E-state index < -0.39 is 0 Å². The van der Waals surface area contributed by atoms with Crippen LogP contribution in [-0.2, 0) is 6.54 Å². The molecule has 0 aliphatic carbocycles. The molecule has 0 saturated heterocycles. The van der Waals surface area contributed by atoms with Crippen LogP contribution >= 0.6 is 11.6 Å². The lowest BCUT2D eigenvalue weighted by atomic mass is 10.2. The summed E-state index contributed by atoms with van der Waals surface area (Å²) in [6.07, 6.45) is 3.61. The third-order valence-corrected chi connectivity index (χ3v) is 3.36. The number of hydrogen-bond acceptors (Lipinski definition) is 2. The molecule has 1 N–H and O–H groups in total. The van der Waals surface area contributed by atoms with Crippen molar-refractivity contribution >= 4 is 17.3 Å². The van der Waals surface area contributed by atoms with E-state index in [4.69, 9.17) is 11.6 Å². The minimum atomic E-state index is -0.264. The standard InChI is InChI=1S/C16H13ClFN3/c17-13-2-7-16(18)12(10-13)11-19-14-3-5-15(6-4-14)21-9-1-8-20-21/h1-10,19H,11H2. The van der Waals surface area contributed by atoms with Gasteiger partial charge in [-0.2, -0.15) is 5.10 Å². The van der Waals surface area contributed by atoms with Crippen molar-refractivity contribution in [1.29, 1.82) is 0 Å². The Balaban J connectivity index is 1.70. The summed E-state index contributed by atoms with van der Waals surface area (Å²) in [5.41, 5.74) is 2.42. The van der Waals surface area contributed by atoms with E-state index in [0.717, 1.165) is 11.4 Å². The minimum Gasteiger partial charge on any atom is -0.381 e. The lowest BCUT2D eigenvalue weighted by Gasteiger charge is -2.09. The highest BCUT2D eigenvalue weighted by atomic mass is 35.5. The van der Waals surface area contributed by atoms with Gasteiger partial charge in [-0.15, -0.1) is 0 Å². The Morgan fingerprint density at radius 1 is 1.14 bits per heavy atom. The molecular weight excluding hydrogens is 289 g/mol. The third-order valence-electron chi connectivity index (χ3n) is 3.13. The van der Waals surface area contributed by atoms with Gasteiger partial charge in [0, 0.05) is 35.2 Å². The molecule has 0 atom stereocenters. The van der Waals surface area contributed by atoms with E-state index >= 15 is 0 Å². The molecule has 2 aromatic carbocycles. The van der Waals surface area contributed by atoms with Crippen LogP contribution in [-0.4, -0.2) is 9.78 Å². The van der Waals surface area contributed by atoms with Crippen LogP contribution < -0.4 is 5.32 Å². The van der Waals surface area contributed by atoms with Gasteiger partial charge in [-0.25, -0.2) is 9.07 Å². The maximum absolute atomic E-state index is 13.6. The molecule has 1 aromatic heterocycles. The van der Waals surface area contributed by atoms with Gasteiger partial charge in [-0.3, -0.25) is 0 Å². The molecule has 5 heteroatoms. The van der Waals surface area contributed by atoms with Gasteiger partial charge in [0.05, 0.1) is 5.69 Å². The van der Waals surface area contributed by atoms with Gasteiger partial charge >= 0.3 is 0 Å². The first-order valence-corrected chi connectivity index (χ1v) is 6.88. The molecule has 0 unspecified atom stereocenters. The molecule has 3 aromatic rings. The van der Waals surface area contributed by atoms with Crippen LogP contribution in [0.25, 0.3) is 5.69 Å². The van der Waals surface area contributed by atoms with Crippen molar-refractivity contribution < 1.29 is 4.39 Å². The fourth-order valence-corrected chi connectivity index (χ4v) is 2.22. The Kier molecular flexibility index (Phi) is 3.88. The lowest BCUT2D eigenvalue weighted by molar-refractivity contribution is 0.613. The van der Waals surface area contributed by atoms with Crippen molar-refractivity contribution in [3.8, 4) is 5.69 Å². The van der Waals surface area contributed by atoms with E-state index in [1.807, 2.05) is 36.5 Å². The van der Waals surface area contributed by atoms with Crippen molar-refractivity contribution in [3.63, 3.8) is 0 Å². The van der Waals surface area contributed by atoms with Gasteiger partial charge in [-0.05, 0) is 48.5 Å². The summed E-state index contributed by atoms with van der Waals surface area (Å²) in [6.45, 7) is 0.382. The second kappa shape index (κ2) is 5.97. The van der Waals surface area contributed by atoms with Gasteiger partial charge in [-0.1, -0.05) is 11.6 Å². The summed E-state index contributed by atoms with van der Waals surface area (Å²) in [6, 6.07) is 14.2. The average molecular weight is 302 g/mol. The second-order valence-electron chi connectivity index (χ2n) is 4.59. The Labute approximate surface area is 127 Å². The van der Waals surface area contributed by atoms with Crippen molar-refractivity contribution in [2.45, 2.75) is 6.54 Å². The van der Waals surface area contributed by atoms with Crippen LogP contribution in [0.2, 0.25) is 5.02 Å². The predicted octanol–water partition coefficient (Wildman–Crippen LogP) is 4.28. The number of benzene rings is 2. The fraction of sp³-hybridized carbons (Fsp3) is 0.0625. The first-order valence-electron chi connectivity index (χ1n) is 6.50. The molecule has 0 saturated carbocycles. The predicted molar refractivity (Wildman–Crippen MR) is 82.3 cm³/mol. The molecule has 0 radical (unpaired) electrons. The number of rotatable bonds is 4. The monoisotopic (exact) mass is 301 g/mol. The maximum atomic E-state index is 13.6. The van der Waals surface area contributed by atoms with Gasteiger partial charge in [0.2, 0.25) is 0 Å². The highest BCUT2D eigenvalue weighted by Gasteiger charge is 2.03. The third kappa shape index (κ3) is 3.23. The Bertz CT molecular complexity index is 724. The Morgan fingerprint density at radius 2 is 1.95 bits per heavy atom. The van der Waals surface area contributed by atoms with Crippen molar-refractivity contribution in [2.75, 3.05) is 5.32 Å². The highest BCUT2D eigenvalue weighted by Crippen LogP contribution is 2.17. The van der Waals surface area contributed by atoms with E-state index in [0.29, 0.717) is 17.1 Å². The van der Waals surface area contributed by atoms with Gasteiger partial charge in [0.1, 0.15) is 5.82 Å². The largest absolute Gasteiger partial charge is 0.381 e. The van der Waals surface area contributed by atoms with Crippen LogP contribution in [0.5, 0.6) is 0 Å². The summed E-state index contributed by atoms with van der Waals surface area (Å²) < 4.78 is 15.4. The molecule has 21 heavy (non-hydrogen) atoms. The summed E-state index contributed by atoms with van der Waals surface area (Å²) in [5, 5.41) is 7.87. The van der Waals surface area contributed by atoms with Crippen LogP contribution in [0.1, 0.15) is 5.56 Å². The smallest absolute Gasteiger partial charge is 0.128 e. The zero-order valence-corrected chi connectivity index (χ0v) is 11.9. The zero-order chi connectivity index (χ0) is 14.7. The van der Waals surface area contributed by atoms with E-state index in [-0.39, 0.29) is 5.82 Å². The van der Waals surface area contributed by atoms with Crippen molar-refractivity contribution in [1.82, 2.24) is 9.78 Å². The quantitative estimate of drug-likeness (QED) is 0.779. The normalized spacial score (nSPS) is 10.6. The van der Waals surface area contributed by atoms with Gasteiger partial charge in [0.15, 0.2) is 0 Å². The Hall–Kier alpha value is -2.33. The highest BCUT2D eigenvalue weighted by molar-refractivity contribution is 6.30. The zero-order valence-electron chi connectivity index (χ0n) is 11.1. The molecule has 0 bridgehead atoms. The molecule has 3 rings (SSSR count). The van der Waals surface area contributed by atoms with Crippen LogP contribution in [0.15, 0.2) is 60.9 Å². The maximum Gasteiger partial charge on any atom is 0.128 e. The van der Waals surface area contributed by atoms with E-state index in [9.17, 15) is 4.39 Å². The fourth-order valence-electron chi connectivity index (χ4n) is 2.03. The number of aromatic nitrogens is 2. The van der Waals surface area contributed by atoms with Crippen LogP contribution in [0.3, 0.4) is 0 Å². The average Bonchev–Trinajstić information content (AvgIpc) is 3.03. The van der Waals surface area contributed by atoms with E-state index in [1.165, 1.54) is 6.07 Å². The first kappa shape index (κ1) is 13.6. The Morgan fingerprint density at radius 3 is 2.67 bits per heavy atom. The van der Waals surface area contributed by atoms with Crippen molar-refractivity contribution in [2.24, 2.45) is 0 Å². The number of hydrogen-bond donors (Lipinski definition) is 1. The molecule has 0 aliphatic rings. The SMILES string of the molecule is Fc1ccc(Cl)cc1CNc1ccc(-n2cccn2)cc1. The number of anilines is 1. The molecule has 0 amide bonds. The summed E-state index contributed by atoms with van der Waals surface area (Å²) in [5.74, 6) is -0.264. The number of nitrogens with zero attached hydrogens (tertiary/aromatic N) is 2. The minimum absolute atomic E-state index is 0.264. The summed E-state index contributed by atoms with van der Waals surface area (Å²) in [4.78, 5) is 0. The van der Waals surface area contributed by atoms with Crippen LogP contribution in [0.4, 0.5) is 10.1 Å². The molecule has 106 valence electrons. The number of nitrogens with one attached hydrogen (secondary N) is 1. The molecule has 1 heterocycles.